The van der Waals surface area contributed by atoms with E-state index in [1.807, 2.05) is 33.8 Å². The Morgan fingerprint density at radius 1 is 1.12 bits per heavy atom. The van der Waals surface area contributed by atoms with Gasteiger partial charge in [-0.1, -0.05) is 25.9 Å². The monoisotopic (exact) mass is 491 g/mol. The molecule has 1 amide bonds. The SMILES string of the molecule is CCN1CCN(c2ccc(S(=O)(=O)N(CC)CC)cc2NC(=O)CCc2c(C)noc2C)CC1. The summed E-state index contributed by atoms with van der Waals surface area (Å²) in [5.74, 6) is 0.540. The predicted molar refractivity (Wildman–Crippen MR) is 134 cm³/mol. The third kappa shape index (κ3) is 5.79. The predicted octanol–water partition coefficient (Wildman–Crippen LogP) is 3.04. The summed E-state index contributed by atoms with van der Waals surface area (Å²) in [7, 11) is -3.64. The number of nitrogens with one attached hydrogen (secondary N) is 1. The number of benzene rings is 1. The summed E-state index contributed by atoms with van der Waals surface area (Å²) < 4.78 is 32.9. The molecule has 1 aliphatic rings. The number of nitrogens with zero attached hydrogens (tertiary/aromatic N) is 4. The largest absolute Gasteiger partial charge is 0.367 e. The van der Waals surface area contributed by atoms with Gasteiger partial charge in [-0.15, -0.1) is 0 Å². The van der Waals surface area contributed by atoms with Gasteiger partial charge < -0.3 is 19.6 Å². The molecular weight excluding hydrogens is 454 g/mol. The van der Waals surface area contributed by atoms with Crippen molar-refractivity contribution in [3.05, 3.63) is 35.2 Å². The van der Waals surface area contributed by atoms with Gasteiger partial charge in [-0.2, -0.15) is 4.31 Å². The highest BCUT2D eigenvalue weighted by Gasteiger charge is 2.25. The van der Waals surface area contributed by atoms with Crippen molar-refractivity contribution in [1.82, 2.24) is 14.4 Å². The second kappa shape index (κ2) is 11.3. The molecule has 9 nitrogen and oxygen atoms in total. The van der Waals surface area contributed by atoms with Crippen LogP contribution >= 0.6 is 0 Å². The summed E-state index contributed by atoms with van der Waals surface area (Å²) in [5.41, 5.74) is 3.10. The third-order valence-electron chi connectivity index (χ3n) is 6.53. The molecule has 1 saturated heterocycles. The van der Waals surface area contributed by atoms with E-state index in [-0.39, 0.29) is 17.2 Å². The Labute approximate surface area is 203 Å². The van der Waals surface area contributed by atoms with E-state index in [9.17, 15) is 13.2 Å². The minimum absolute atomic E-state index is 0.175. The van der Waals surface area contributed by atoms with Crippen LogP contribution in [0.4, 0.5) is 11.4 Å². The summed E-state index contributed by atoms with van der Waals surface area (Å²) in [6.45, 7) is 14.7. The number of hydrogen-bond donors (Lipinski definition) is 1. The quantitative estimate of drug-likeness (QED) is 0.545. The van der Waals surface area contributed by atoms with E-state index in [1.165, 1.54) is 4.31 Å². The van der Waals surface area contributed by atoms with Crippen LogP contribution in [0.1, 0.15) is 44.2 Å². The van der Waals surface area contributed by atoms with Crippen molar-refractivity contribution >= 4 is 27.3 Å². The van der Waals surface area contributed by atoms with Gasteiger partial charge in [0, 0.05) is 51.3 Å². The maximum absolute atomic E-state index is 13.1. The lowest BCUT2D eigenvalue weighted by Gasteiger charge is -2.36. The first-order valence-corrected chi connectivity index (χ1v) is 13.5. The zero-order valence-electron chi connectivity index (χ0n) is 20.9. The molecule has 1 aromatic carbocycles. The van der Waals surface area contributed by atoms with E-state index in [2.05, 4.69) is 27.2 Å². The molecule has 0 unspecified atom stereocenters. The number of aryl methyl sites for hydroxylation is 2. The van der Waals surface area contributed by atoms with Crippen LogP contribution in [0.15, 0.2) is 27.6 Å². The number of piperazine rings is 1. The molecule has 188 valence electrons. The normalized spacial score (nSPS) is 15.2. The van der Waals surface area contributed by atoms with Gasteiger partial charge in [0.2, 0.25) is 15.9 Å². The van der Waals surface area contributed by atoms with Crippen molar-refractivity contribution in [2.24, 2.45) is 0 Å². The smallest absolute Gasteiger partial charge is 0.243 e. The molecule has 3 rings (SSSR count). The molecule has 0 spiro atoms. The van der Waals surface area contributed by atoms with Gasteiger partial charge in [0.1, 0.15) is 5.76 Å². The highest BCUT2D eigenvalue weighted by Crippen LogP contribution is 2.31. The van der Waals surface area contributed by atoms with Crippen molar-refractivity contribution in [2.45, 2.75) is 52.4 Å². The zero-order valence-corrected chi connectivity index (χ0v) is 21.7. The van der Waals surface area contributed by atoms with E-state index < -0.39 is 10.0 Å². The fourth-order valence-electron chi connectivity index (χ4n) is 4.38. The number of sulfonamides is 1. The lowest BCUT2D eigenvalue weighted by molar-refractivity contribution is -0.116. The zero-order chi connectivity index (χ0) is 24.9. The van der Waals surface area contributed by atoms with Gasteiger partial charge in [0.05, 0.1) is 22.0 Å². The fourth-order valence-corrected chi connectivity index (χ4v) is 5.86. The average Bonchev–Trinajstić information content (AvgIpc) is 3.15. The summed E-state index contributed by atoms with van der Waals surface area (Å²) in [6.07, 6.45) is 0.758. The van der Waals surface area contributed by atoms with E-state index >= 15 is 0 Å². The number of carbonyl (C=O) groups is 1. The number of likely N-dealkylation sites (N-methyl/N-ethyl adjacent to an activating group) is 1. The minimum Gasteiger partial charge on any atom is -0.367 e. The van der Waals surface area contributed by atoms with E-state index in [1.54, 1.807) is 12.1 Å². The van der Waals surface area contributed by atoms with Crippen molar-refractivity contribution in [3.63, 3.8) is 0 Å². The van der Waals surface area contributed by atoms with Crippen molar-refractivity contribution in [2.75, 3.05) is 56.0 Å². The molecule has 1 aromatic heterocycles. The van der Waals surface area contributed by atoms with Crippen molar-refractivity contribution in [1.29, 1.82) is 0 Å². The lowest BCUT2D eigenvalue weighted by Crippen LogP contribution is -2.46. The van der Waals surface area contributed by atoms with Gasteiger partial charge in [0.25, 0.3) is 0 Å². The van der Waals surface area contributed by atoms with Crippen LogP contribution in [0.25, 0.3) is 0 Å². The van der Waals surface area contributed by atoms with Crippen molar-refractivity contribution < 1.29 is 17.7 Å². The summed E-state index contributed by atoms with van der Waals surface area (Å²) in [5, 5.41) is 6.94. The van der Waals surface area contributed by atoms with Crippen LogP contribution < -0.4 is 10.2 Å². The Kier molecular flexibility index (Phi) is 8.72. The Bertz CT molecular complexity index is 1070. The molecule has 2 aromatic rings. The molecule has 0 radical (unpaired) electrons. The fraction of sp³-hybridized carbons (Fsp3) is 0.583. The highest BCUT2D eigenvalue weighted by atomic mass is 32.2. The van der Waals surface area contributed by atoms with Crippen LogP contribution in [0.3, 0.4) is 0 Å². The molecular formula is C24H37N5O4S. The van der Waals surface area contributed by atoms with Crippen LogP contribution in [0.2, 0.25) is 0 Å². The molecule has 0 saturated carbocycles. The van der Waals surface area contributed by atoms with Crippen molar-refractivity contribution in [3.8, 4) is 0 Å². The number of amides is 1. The first-order valence-electron chi connectivity index (χ1n) is 12.0. The Morgan fingerprint density at radius 3 is 2.35 bits per heavy atom. The Hall–Kier alpha value is -2.43. The molecule has 0 aliphatic carbocycles. The molecule has 1 aliphatic heterocycles. The molecule has 10 heteroatoms. The third-order valence-corrected chi connectivity index (χ3v) is 8.57. The van der Waals surface area contributed by atoms with Gasteiger partial charge >= 0.3 is 0 Å². The maximum Gasteiger partial charge on any atom is 0.243 e. The molecule has 1 fully saturated rings. The van der Waals surface area contributed by atoms with E-state index in [0.29, 0.717) is 31.0 Å². The number of anilines is 2. The maximum atomic E-state index is 13.1. The second-order valence-corrected chi connectivity index (χ2v) is 10.5. The molecule has 34 heavy (non-hydrogen) atoms. The standard InChI is InChI=1S/C24H37N5O4S/c1-6-27-13-15-28(16-14-27)23-11-9-20(34(31,32)29(7-2)8-3)17-22(23)25-24(30)12-10-21-18(4)26-33-19(21)5/h9,11,17H,6-8,10,12-16H2,1-5H3,(H,25,30). The summed E-state index contributed by atoms with van der Waals surface area (Å²) in [4.78, 5) is 17.7. The number of aromatic nitrogens is 1. The summed E-state index contributed by atoms with van der Waals surface area (Å²) >= 11 is 0. The first-order chi connectivity index (χ1) is 16.2. The topological polar surface area (TPSA) is 99.0 Å². The van der Waals surface area contributed by atoms with Gasteiger partial charge in [0.15, 0.2) is 0 Å². The molecule has 0 atom stereocenters. The Morgan fingerprint density at radius 2 is 1.79 bits per heavy atom. The molecule has 1 N–H and O–H groups in total. The van der Waals surface area contributed by atoms with Crippen LogP contribution in [-0.4, -0.2) is 74.5 Å². The van der Waals surface area contributed by atoms with Crippen LogP contribution in [0.5, 0.6) is 0 Å². The number of carbonyl (C=O) groups excluding carboxylic acids is 1. The average molecular weight is 492 g/mol. The van der Waals surface area contributed by atoms with Crippen LogP contribution in [-0.2, 0) is 21.2 Å². The second-order valence-electron chi connectivity index (χ2n) is 8.54. The Balaban J connectivity index is 1.87. The minimum atomic E-state index is -3.64. The summed E-state index contributed by atoms with van der Waals surface area (Å²) in [6, 6.07) is 5.07. The highest BCUT2D eigenvalue weighted by molar-refractivity contribution is 7.89. The molecule has 0 bridgehead atoms. The van der Waals surface area contributed by atoms with Gasteiger partial charge in [-0.3, -0.25) is 4.79 Å². The number of hydrogen-bond acceptors (Lipinski definition) is 7. The molecule has 2 heterocycles. The number of rotatable bonds is 10. The van der Waals surface area contributed by atoms with Gasteiger partial charge in [-0.05, 0) is 45.0 Å². The van der Waals surface area contributed by atoms with E-state index in [0.717, 1.165) is 49.7 Å². The van der Waals surface area contributed by atoms with Gasteiger partial charge in [-0.25, -0.2) is 8.42 Å². The van der Waals surface area contributed by atoms with E-state index in [4.69, 9.17) is 4.52 Å². The van der Waals surface area contributed by atoms with Crippen LogP contribution in [0, 0.1) is 13.8 Å². The first kappa shape index (κ1) is 26.2. The lowest BCUT2D eigenvalue weighted by atomic mass is 10.1.